The lowest BCUT2D eigenvalue weighted by Crippen LogP contribution is -2.30. The number of hydrogen-bond donors (Lipinski definition) is 0. The number of furan rings is 1. The number of carbonyl (C=O) groups is 1. The lowest BCUT2D eigenvalue weighted by atomic mass is 10.2. The third kappa shape index (κ3) is 4.08. The van der Waals surface area contributed by atoms with Crippen molar-refractivity contribution in [1.29, 1.82) is 0 Å². The molecule has 0 spiro atoms. The van der Waals surface area contributed by atoms with Crippen LogP contribution in [0.5, 0.6) is 0 Å². The number of benzene rings is 2. The summed E-state index contributed by atoms with van der Waals surface area (Å²) in [6.07, 6.45) is 2.69. The molecule has 0 fully saturated rings. The first kappa shape index (κ1) is 19.4. The minimum Gasteiger partial charge on any atom is -0.467 e. The Morgan fingerprint density at radius 3 is 2.55 bits per heavy atom. The highest BCUT2D eigenvalue weighted by atomic mass is 32.2. The highest BCUT2D eigenvalue weighted by Gasteiger charge is 2.23. The van der Waals surface area contributed by atoms with Gasteiger partial charge in [-0.05, 0) is 61.0 Å². The van der Waals surface area contributed by atoms with Crippen molar-refractivity contribution < 1.29 is 17.6 Å². The summed E-state index contributed by atoms with van der Waals surface area (Å²) in [5.41, 5.74) is 2.31. The fraction of sp³-hybridized carbons (Fsp3) is 0.143. The highest BCUT2D eigenvalue weighted by molar-refractivity contribution is 7.90. The number of amides is 1. The number of carbonyl (C=O) groups excluding carboxylic acids is 1. The van der Waals surface area contributed by atoms with E-state index in [4.69, 9.17) is 4.42 Å². The van der Waals surface area contributed by atoms with Gasteiger partial charge in [-0.25, -0.2) is 13.4 Å². The smallest absolute Gasteiger partial charge is 0.260 e. The Morgan fingerprint density at radius 2 is 1.90 bits per heavy atom. The van der Waals surface area contributed by atoms with Crippen molar-refractivity contribution in [2.24, 2.45) is 0 Å². The van der Waals surface area contributed by atoms with Gasteiger partial charge in [-0.15, -0.1) is 0 Å². The van der Waals surface area contributed by atoms with E-state index in [0.717, 1.165) is 22.0 Å². The van der Waals surface area contributed by atoms with E-state index in [1.807, 2.05) is 25.1 Å². The van der Waals surface area contributed by atoms with E-state index in [0.29, 0.717) is 16.5 Å². The van der Waals surface area contributed by atoms with Gasteiger partial charge in [0.15, 0.2) is 15.0 Å². The Kier molecular flexibility index (Phi) is 4.97. The summed E-state index contributed by atoms with van der Waals surface area (Å²) in [5.74, 6) is 0.346. The fourth-order valence-electron chi connectivity index (χ4n) is 2.92. The van der Waals surface area contributed by atoms with Crippen molar-refractivity contribution in [3.8, 4) is 0 Å². The molecule has 0 radical (unpaired) electrons. The molecule has 4 aromatic rings. The van der Waals surface area contributed by atoms with Crippen LogP contribution in [0.1, 0.15) is 21.7 Å². The summed E-state index contributed by atoms with van der Waals surface area (Å²) in [7, 11) is -3.33. The van der Waals surface area contributed by atoms with Crippen LogP contribution in [0.15, 0.2) is 70.2 Å². The Balaban J connectivity index is 1.74. The second-order valence-corrected chi connectivity index (χ2v) is 9.76. The summed E-state index contributed by atoms with van der Waals surface area (Å²) in [6, 6.07) is 15.4. The molecule has 0 N–H and O–H groups in total. The van der Waals surface area contributed by atoms with Gasteiger partial charge >= 0.3 is 0 Å². The summed E-state index contributed by atoms with van der Waals surface area (Å²) in [6.45, 7) is 2.23. The molecule has 4 rings (SSSR count). The number of nitrogens with zero attached hydrogens (tertiary/aromatic N) is 2. The predicted octanol–water partition coefficient (Wildman–Crippen LogP) is 4.45. The van der Waals surface area contributed by atoms with Crippen LogP contribution in [-0.2, 0) is 16.4 Å². The van der Waals surface area contributed by atoms with E-state index >= 15 is 0 Å². The molecule has 2 aromatic carbocycles. The van der Waals surface area contributed by atoms with Crippen molar-refractivity contribution in [3.63, 3.8) is 0 Å². The second kappa shape index (κ2) is 7.46. The van der Waals surface area contributed by atoms with Crippen LogP contribution >= 0.6 is 11.3 Å². The van der Waals surface area contributed by atoms with E-state index in [2.05, 4.69) is 4.98 Å². The monoisotopic (exact) mass is 426 g/mol. The third-order valence-corrected chi connectivity index (χ3v) is 6.60. The number of fused-ring (bicyclic) bond motifs is 1. The molecule has 2 aromatic heterocycles. The number of aryl methyl sites for hydroxylation is 1. The molecule has 0 atom stereocenters. The minimum absolute atomic E-state index is 0.169. The van der Waals surface area contributed by atoms with E-state index < -0.39 is 9.84 Å². The maximum atomic E-state index is 13.3. The van der Waals surface area contributed by atoms with Crippen molar-refractivity contribution >= 4 is 42.4 Å². The molecule has 0 bridgehead atoms. The average Bonchev–Trinajstić information content (AvgIpc) is 3.34. The zero-order valence-electron chi connectivity index (χ0n) is 15.8. The topological polar surface area (TPSA) is 80.5 Å². The summed E-state index contributed by atoms with van der Waals surface area (Å²) in [5, 5.41) is 0.555. The molecule has 0 saturated carbocycles. The summed E-state index contributed by atoms with van der Waals surface area (Å²) < 4.78 is 29.8. The average molecular weight is 427 g/mol. The quantitative estimate of drug-likeness (QED) is 0.471. The highest BCUT2D eigenvalue weighted by Crippen LogP contribution is 2.31. The molecular formula is C21H18N2O4S2. The Morgan fingerprint density at radius 1 is 1.14 bits per heavy atom. The summed E-state index contributed by atoms with van der Waals surface area (Å²) in [4.78, 5) is 19.6. The zero-order valence-corrected chi connectivity index (χ0v) is 17.5. The molecule has 0 unspecified atom stereocenters. The second-order valence-electron chi connectivity index (χ2n) is 6.73. The van der Waals surface area contributed by atoms with Crippen LogP contribution in [0, 0.1) is 6.92 Å². The first-order chi connectivity index (χ1) is 13.8. The van der Waals surface area contributed by atoms with Crippen LogP contribution < -0.4 is 4.90 Å². The molecule has 0 aliphatic rings. The molecule has 1 amide bonds. The van der Waals surface area contributed by atoms with Gasteiger partial charge < -0.3 is 4.42 Å². The molecule has 6 nitrogen and oxygen atoms in total. The molecule has 0 aliphatic carbocycles. The van der Waals surface area contributed by atoms with Gasteiger partial charge in [0.2, 0.25) is 0 Å². The number of sulfone groups is 1. The lowest BCUT2D eigenvalue weighted by molar-refractivity contribution is 0.0983. The van der Waals surface area contributed by atoms with Gasteiger partial charge in [-0.2, -0.15) is 0 Å². The van der Waals surface area contributed by atoms with E-state index in [1.54, 1.807) is 23.3 Å². The Labute approximate surface area is 172 Å². The normalized spacial score (nSPS) is 11.7. The molecule has 148 valence electrons. The maximum absolute atomic E-state index is 13.3. The third-order valence-electron chi connectivity index (χ3n) is 4.43. The van der Waals surface area contributed by atoms with Crippen molar-refractivity contribution in [2.75, 3.05) is 11.2 Å². The molecule has 2 heterocycles. The largest absolute Gasteiger partial charge is 0.467 e. The molecule has 8 heteroatoms. The van der Waals surface area contributed by atoms with Crippen LogP contribution in [0.25, 0.3) is 10.2 Å². The fourth-order valence-corrected chi connectivity index (χ4v) is 4.61. The van der Waals surface area contributed by atoms with Crippen LogP contribution in [0.2, 0.25) is 0 Å². The predicted molar refractivity (Wildman–Crippen MR) is 113 cm³/mol. The van der Waals surface area contributed by atoms with E-state index in [1.165, 1.54) is 35.6 Å². The number of rotatable bonds is 5. The van der Waals surface area contributed by atoms with Crippen LogP contribution in [0.4, 0.5) is 5.13 Å². The van der Waals surface area contributed by atoms with Crippen LogP contribution in [0.3, 0.4) is 0 Å². The first-order valence-corrected chi connectivity index (χ1v) is 11.5. The van der Waals surface area contributed by atoms with E-state index in [-0.39, 0.29) is 17.3 Å². The Hall–Kier alpha value is -2.97. The number of hydrogen-bond acceptors (Lipinski definition) is 6. The SMILES string of the molecule is Cc1ccc2nc(N(Cc3ccco3)C(=O)c3ccc(S(C)(=O)=O)cc3)sc2c1. The van der Waals surface area contributed by atoms with Gasteiger partial charge in [0.1, 0.15) is 5.76 Å². The van der Waals surface area contributed by atoms with Crippen molar-refractivity contribution in [2.45, 2.75) is 18.4 Å². The van der Waals surface area contributed by atoms with Gasteiger partial charge in [-0.1, -0.05) is 17.4 Å². The lowest BCUT2D eigenvalue weighted by Gasteiger charge is -2.19. The number of anilines is 1. The standard InChI is InChI=1S/C21H18N2O4S2/c1-14-5-10-18-19(12-14)28-21(22-18)23(13-16-4-3-11-27-16)20(24)15-6-8-17(9-7-15)29(2,25)26/h3-12H,13H2,1-2H3. The number of thiazole rings is 1. The van der Waals surface area contributed by atoms with Crippen molar-refractivity contribution in [3.05, 3.63) is 77.7 Å². The first-order valence-electron chi connectivity index (χ1n) is 8.83. The van der Waals surface area contributed by atoms with Crippen molar-refractivity contribution in [1.82, 2.24) is 4.98 Å². The van der Waals surface area contributed by atoms with E-state index in [9.17, 15) is 13.2 Å². The molecule has 29 heavy (non-hydrogen) atoms. The zero-order chi connectivity index (χ0) is 20.6. The molecular weight excluding hydrogens is 408 g/mol. The minimum atomic E-state index is -3.33. The Bertz CT molecular complexity index is 1270. The number of aromatic nitrogens is 1. The molecule has 0 saturated heterocycles. The maximum Gasteiger partial charge on any atom is 0.260 e. The van der Waals surface area contributed by atoms with Gasteiger partial charge in [0.25, 0.3) is 5.91 Å². The summed E-state index contributed by atoms with van der Waals surface area (Å²) >= 11 is 1.43. The van der Waals surface area contributed by atoms with Gasteiger partial charge in [0, 0.05) is 11.8 Å². The molecule has 0 aliphatic heterocycles. The van der Waals surface area contributed by atoms with Crippen LogP contribution in [-0.4, -0.2) is 25.6 Å². The van der Waals surface area contributed by atoms with Gasteiger partial charge in [0.05, 0.1) is 27.9 Å². The van der Waals surface area contributed by atoms with Gasteiger partial charge in [-0.3, -0.25) is 9.69 Å².